The molecule has 0 aromatic heterocycles. The van der Waals surface area contributed by atoms with Gasteiger partial charge in [-0.2, -0.15) is 0 Å². The number of benzene rings is 2. The summed E-state index contributed by atoms with van der Waals surface area (Å²) in [6, 6.07) is 12.9. The van der Waals surface area contributed by atoms with Crippen molar-refractivity contribution in [3.63, 3.8) is 0 Å². The quantitative estimate of drug-likeness (QED) is 0.738. The van der Waals surface area contributed by atoms with Gasteiger partial charge in [-0.05, 0) is 35.9 Å². The smallest absolute Gasteiger partial charge is 0.0413 e. The van der Waals surface area contributed by atoms with Crippen molar-refractivity contribution in [2.45, 2.75) is 0 Å². The van der Waals surface area contributed by atoms with Gasteiger partial charge in [0.15, 0.2) is 0 Å². The van der Waals surface area contributed by atoms with Crippen LogP contribution in [0, 0.1) is 0 Å². The maximum Gasteiger partial charge on any atom is 0.0413 e. The summed E-state index contributed by atoms with van der Waals surface area (Å²) in [4.78, 5) is 0. The first-order valence-corrected chi connectivity index (χ1v) is 5.23. The maximum absolute atomic E-state index is 5.92. The fourth-order valence-electron chi connectivity index (χ4n) is 1.41. The second-order valence-corrected chi connectivity index (χ2v) is 4.11. The molecule has 0 saturated carbocycles. The maximum atomic E-state index is 5.92. The first-order chi connectivity index (χ1) is 7.16. The van der Waals surface area contributed by atoms with Gasteiger partial charge in [0.25, 0.3) is 0 Å². The zero-order chi connectivity index (χ0) is 10.8. The summed E-state index contributed by atoms with van der Waals surface area (Å²) in [5.41, 5.74) is 8.52. The molecule has 0 aliphatic heterocycles. The number of nitrogens with two attached hydrogens (primary N) is 1. The highest BCUT2D eigenvalue weighted by molar-refractivity contribution is 6.31. The van der Waals surface area contributed by atoms with E-state index in [1.54, 1.807) is 12.1 Å². The summed E-state index contributed by atoms with van der Waals surface area (Å²) >= 11 is 11.7. The largest absolute Gasteiger partial charge is 0.398 e. The number of hydrogen-bond acceptors (Lipinski definition) is 1. The van der Waals surface area contributed by atoms with Crippen molar-refractivity contribution >= 4 is 28.9 Å². The predicted octanol–water partition coefficient (Wildman–Crippen LogP) is 4.24. The summed E-state index contributed by atoms with van der Waals surface area (Å²) in [7, 11) is 0. The van der Waals surface area contributed by atoms with E-state index >= 15 is 0 Å². The van der Waals surface area contributed by atoms with Crippen molar-refractivity contribution in [3.05, 3.63) is 52.5 Å². The highest BCUT2D eigenvalue weighted by Crippen LogP contribution is 2.29. The molecule has 15 heavy (non-hydrogen) atoms. The topological polar surface area (TPSA) is 26.0 Å². The summed E-state index contributed by atoms with van der Waals surface area (Å²) in [5.74, 6) is 0. The molecule has 1 nitrogen and oxygen atoms in total. The molecule has 2 rings (SSSR count). The van der Waals surface area contributed by atoms with Gasteiger partial charge in [-0.15, -0.1) is 0 Å². The Kier molecular flexibility index (Phi) is 2.85. The van der Waals surface area contributed by atoms with Crippen LogP contribution in [0.25, 0.3) is 11.1 Å². The third-order valence-electron chi connectivity index (χ3n) is 2.17. The van der Waals surface area contributed by atoms with Gasteiger partial charge in [0.2, 0.25) is 0 Å². The fraction of sp³-hybridized carbons (Fsp3) is 0. The van der Waals surface area contributed by atoms with E-state index in [9.17, 15) is 0 Å². The van der Waals surface area contributed by atoms with Crippen molar-refractivity contribution in [2.75, 3.05) is 5.73 Å². The van der Waals surface area contributed by atoms with E-state index in [-0.39, 0.29) is 0 Å². The molecule has 0 bridgehead atoms. The van der Waals surface area contributed by atoms with Crippen LogP contribution in [0.5, 0.6) is 0 Å². The Balaban J connectivity index is 2.53. The molecule has 0 saturated heterocycles. The Hall–Kier alpha value is -1.18. The average molecular weight is 238 g/mol. The third-order valence-corrected chi connectivity index (χ3v) is 2.66. The van der Waals surface area contributed by atoms with E-state index in [0.29, 0.717) is 15.7 Å². The normalized spacial score (nSPS) is 10.3. The third kappa shape index (κ3) is 2.25. The molecule has 2 aromatic carbocycles. The number of anilines is 1. The van der Waals surface area contributed by atoms with Crippen molar-refractivity contribution in [1.29, 1.82) is 0 Å². The van der Waals surface area contributed by atoms with Gasteiger partial charge in [-0.3, -0.25) is 0 Å². The number of nitrogen functional groups attached to an aromatic ring is 1. The first kappa shape index (κ1) is 10.3. The standard InChI is InChI=1S/C12H9Cl2N/c13-9-3-1-8(2-4-9)11-7-10(14)5-6-12(11)15/h1-7H,15H2. The summed E-state index contributed by atoms with van der Waals surface area (Å²) in [6.07, 6.45) is 0. The lowest BCUT2D eigenvalue weighted by atomic mass is 10.0. The monoisotopic (exact) mass is 237 g/mol. The number of hydrogen-bond donors (Lipinski definition) is 1. The van der Waals surface area contributed by atoms with E-state index in [0.717, 1.165) is 11.1 Å². The predicted molar refractivity (Wildman–Crippen MR) is 66.3 cm³/mol. The van der Waals surface area contributed by atoms with Gasteiger partial charge in [0.05, 0.1) is 0 Å². The molecule has 0 fully saturated rings. The van der Waals surface area contributed by atoms with Gasteiger partial charge in [0.1, 0.15) is 0 Å². The van der Waals surface area contributed by atoms with Crippen LogP contribution < -0.4 is 5.73 Å². The summed E-state index contributed by atoms with van der Waals surface area (Å²) in [5, 5.41) is 1.38. The van der Waals surface area contributed by atoms with E-state index < -0.39 is 0 Å². The molecule has 0 aliphatic rings. The molecule has 0 heterocycles. The van der Waals surface area contributed by atoms with E-state index in [4.69, 9.17) is 28.9 Å². The zero-order valence-electron chi connectivity index (χ0n) is 7.87. The molecule has 0 unspecified atom stereocenters. The Bertz CT molecular complexity index is 477. The molecule has 2 aromatic rings. The van der Waals surface area contributed by atoms with Crippen LogP contribution >= 0.6 is 23.2 Å². The zero-order valence-corrected chi connectivity index (χ0v) is 9.39. The van der Waals surface area contributed by atoms with Gasteiger partial charge < -0.3 is 5.73 Å². The first-order valence-electron chi connectivity index (χ1n) is 4.48. The van der Waals surface area contributed by atoms with Gasteiger partial charge in [0, 0.05) is 21.3 Å². The van der Waals surface area contributed by atoms with E-state index in [2.05, 4.69) is 0 Å². The van der Waals surface area contributed by atoms with Crippen LogP contribution in [0.3, 0.4) is 0 Å². The summed E-state index contributed by atoms with van der Waals surface area (Å²) < 4.78 is 0. The number of rotatable bonds is 1. The molecule has 76 valence electrons. The van der Waals surface area contributed by atoms with Gasteiger partial charge >= 0.3 is 0 Å². The van der Waals surface area contributed by atoms with Crippen LogP contribution in [0.4, 0.5) is 5.69 Å². The Morgan fingerprint density at radius 2 is 1.40 bits per heavy atom. The second-order valence-electron chi connectivity index (χ2n) is 3.24. The van der Waals surface area contributed by atoms with Crippen molar-refractivity contribution in [2.24, 2.45) is 0 Å². The lowest BCUT2D eigenvalue weighted by Gasteiger charge is -2.06. The Labute approximate surface area is 98.4 Å². The molecule has 0 amide bonds. The van der Waals surface area contributed by atoms with Gasteiger partial charge in [-0.1, -0.05) is 35.3 Å². The van der Waals surface area contributed by atoms with Crippen LogP contribution in [-0.2, 0) is 0 Å². The second kappa shape index (κ2) is 4.13. The van der Waals surface area contributed by atoms with E-state index in [1.165, 1.54) is 0 Å². The molecule has 3 heteroatoms. The van der Waals surface area contributed by atoms with Crippen LogP contribution in [0.2, 0.25) is 10.0 Å². The minimum atomic E-state index is 0.675. The molecular formula is C12H9Cl2N. The number of halogens is 2. The molecule has 2 N–H and O–H groups in total. The lowest BCUT2D eigenvalue weighted by molar-refractivity contribution is 1.61. The lowest BCUT2D eigenvalue weighted by Crippen LogP contribution is -1.89. The van der Waals surface area contributed by atoms with Crippen LogP contribution in [-0.4, -0.2) is 0 Å². The minimum Gasteiger partial charge on any atom is -0.398 e. The van der Waals surface area contributed by atoms with Crippen molar-refractivity contribution in [1.82, 2.24) is 0 Å². The fourth-order valence-corrected chi connectivity index (χ4v) is 1.71. The minimum absolute atomic E-state index is 0.675. The highest BCUT2D eigenvalue weighted by atomic mass is 35.5. The molecule has 0 aliphatic carbocycles. The Morgan fingerprint density at radius 3 is 2.07 bits per heavy atom. The SMILES string of the molecule is Nc1ccc(Cl)cc1-c1ccc(Cl)cc1. The Morgan fingerprint density at radius 1 is 0.800 bits per heavy atom. The van der Waals surface area contributed by atoms with Crippen LogP contribution in [0.1, 0.15) is 0 Å². The van der Waals surface area contributed by atoms with Crippen molar-refractivity contribution in [3.8, 4) is 11.1 Å². The van der Waals surface area contributed by atoms with E-state index in [1.807, 2.05) is 30.3 Å². The highest BCUT2D eigenvalue weighted by Gasteiger charge is 2.02. The average Bonchev–Trinajstić information content (AvgIpc) is 2.23. The molecule has 0 atom stereocenters. The summed E-state index contributed by atoms with van der Waals surface area (Å²) in [6.45, 7) is 0. The van der Waals surface area contributed by atoms with Crippen LogP contribution in [0.15, 0.2) is 42.5 Å². The molecule has 0 radical (unpaired) electrons. The molecule has 0 spiro atoms. The van der Waals surface area contributed by atoms with Crippen molar-refractivity contribution < 1.29 is 0 Å². The van der Waals surface area contributed by atoms with Gasteiger partial charge in [-0.25, -0.2) is 0 Å². The molecular weight excluding hydrogens is 229 g/mol.